The summed E-state index contributed by atoms with van der Waals surface area (Å²) in [6.07, 6.45) is 7.59. The van der Waals surface area contributed by atoms with Gasteiger partial charge in [0.2, 0.25) is 0 Å². The van der Waals surface area contributed by atoms with Gasteiger partial charge in [-0.15, -0.1) is 0 Å². The molecule has 4 aliphatic rings. The monoisotopic (exact) mass is 454 g/mol. The Labute approximate surface area is 200 Å². The first-order chi connectivity index (χ1) is 16.7. The standard InChI is InChI=1S/C27H30N6O/c1-17-14-32(24-8-5-18(11-28)27-22(24)4-3-9-30-27)16-25-21-7-6-20(10-19(21)15-33(17)25)31-23-12-29-13-26(23)34-2/h3-6,8-10,17,23,26,29,31H,7,12-16H2,1-2H3/t17-,23-,26-/m1/s1. The van der Waals surface area contributed by atoms with Crippen LogP contribution in [0.2, 0.25) is 0 Å². The second-order valence-corrected chi connectivity index (χ2v) is 9.64. The lowest BCUT2D eigenvalue weighted by Gasteiger charge is -2.42. The zero-order chi connectivity index (χ0) is 23.2. The Hall–Kier alpha value is -3.34. The number of hydrogen-bond donors (Lipinski definition) is 2. The van der Waals surface area contributed by atoms with E-state index < -0.39 is 0 Å². The number of methoxy groups -OCH3 is 1. The zero-order valence-corrected chi connectivity index (χ0v) is 19.7. The molecule has 4 heterocycles. The summed E-state index contributed by atoms with van der Waals surface area (Å²) in [5.41, 5.74) is 8.11. The van der Waals surface area contributed by atoms with E-state index in [0.717, 1.165) is 55.7 Å². The number of rotatable bonds is 4. The second kappa shape index (κ2) is 8.46. The van der Waals surface area contributed by atoms with Crippen molar-refractivity contribution in [1.82, 2.24) is 20.5 Å². The van der Waals surface area contributed by atoms with Crippen LogP contribution in [0.3, 0.4) is 0 Å². The molecule has 0 radical (unpaired) electrons. The topological polar surface area (TPSA) is 76.5 Å². The predicted molar refractivity (Wildman–Crippen MR) is 133 cm³/mol. The van der Waals surface area contributed by atoms with Crippen LogP contribution < -0.4 is 15.5 Å². The number of anilines is 1. The molecule has 7 nitrogen and oxygen atoms in total. The minimum absolute atomic E-state index is 0.208. The van der Waals surface area contributed by atoms with Crippen LogP contribution in [0.15, 0.2) is 65.2 Å². The number of ether oxygens (including phenoxy) is 1. The average Bonchev–Trinajstić information content (AvgIpc) is 3.47. The number of aromatic nitrogens is 1. The average molecular weight is 455 g/mol. The van der Waals surface area contributed by atoms with E-state index in [9.17, 15) is 5.26 Å². The summed E-state index contributed by atoms with van der Waals surface area (Å²) >= 11 is 0. The molecule has 6 rings (SSSR count). The van der Waals surface area contributed by atoms with E-state index in [1.165, 1.54) is 22.5 Å². The third kappa shape index (κ3) is 3.46. The molecule has 0 spiro atoms. The maximum absolute atomic E-state index is 9.53. The number of fused-ring (bicyclic) bond motifs is 3. The van der Waals surface area contributed by atoms with Gasteiger partial charge in [0.05, 0.1) is 29.8 Å². The summed E-state index contributed by atoms with van der Waals surface area (Å²) < 4.78 is 5.62. The molecular formula is C27H30N6O. The van der Waals surface area contributed by atoms with E-state index in [1.54, 1.807) is 13.3 Å². The summed E-state index contributed by atoms with van der Waals surface area (Å²) in [5, 5.41) is 17.7. The van der Waals surface area contributed by atoms with Gasteiger partial charge in [0.15, 0.2) is 0 Å². The van der Waals surface area contributed by atoms with Crippen LogP contribution in [-0.2, 0) is 4.74 Å². The molecule has 0 bridgehead atoms. The lowest BCUT2D eigenvalue weighted by atomic mass is 9.96. The Balaban J connectivity index is 1.28. The first-order valence-corrected chi connectivity index (χ1v) is 12.1. The van der Waals surface area contributed by atoms with Gasteiger partial charge in [0.1, 0.15) is 6.07 Å². The Kier molecular flexibility index (Phi) is 5.28. The fourth-order valence-corrected chi connectivity index (χ4v) is 5.91. The maximum atomic E-state index is 9.53. The number of pyridine rings is 1. The molecule has 34 heavy (non-hydrogen) atoms. The normalized spacial score (nSPS) is 26.2. The first-order valence-electron chi connectivity index (χ1n) is 12.1. The maximum Gasteiger partial charge on any atom is 0.101 e. The molecule has 3 aliphatic heterocycles. The molecular weight excluding hydrogens is 424 g/mol. The van der Waals surface area contributed by atoms with E-state index in [0.29, 0.717) is 17.6 Å². The third-order valence-electron chi connectivity index (χ3n) is 7.66. The fourth-order valence-electron chi connectivity index (χ4n) is 5.91. The lowest BCUT2D eigenvalue weighted by molar-refractivity contribution is 0.0995. The Bertz CT molecular complexity index is 1270. The molecule has 174 valence electrons. The van der Waals surface area contributed by atoms with Crippen LogP contribution in [-0.4, -0.2) is 67.9 Å². The van der Waals surface area contributed by atoms with Gasteiger partial charge in [-0.2, -0.15) is 5.26 Å². The van der Waals surface area contributed by atoms with E-state index in [4.69, 9.17) is 4.74 Å². The smallest absolute Gasteiger partial charge is 0.101 e. The summed E-state index contributed by atoms with van der Waals surface area (Å²) in [6.45, 7) is 6.94. The van der Waals surface area contributed by atoms with Crippen molar-refractivity contribution in [3.63, 3.8) is 0 Å². The minimum atomic E-state index is 0.208. The SMILES string of the molecule is CO[C@@H]1CNC[C@H]1NC1=CCC2=C3CN(c4ccc(C#N)c5ncccc45)C[C@@H](C)N3CC2=C1. The van der Waals surface area contributed by atoms with Crippen molar-refractivity contribution < 1.29 is 4.74 Å². The number of benzene rings is 1. The number of hydrogen-bond acceptors (Lipinski definition) is 7. The third-order valence-corrected chi connectivity index (χ3v) is 7.66. The largest absolute Gasteiger partial charge is 0.379 e. The van der Waals surface area contributed by atoms with Gasteiger partial charge < -0.3 is 25.2 Å². The van der Waals surface area contributed by atoms with Gasteiger partial charge in [0.25, 0.3) is 0 Å². The van der Waals surface area contributed by atoms with E-state index in [2.05, 4.69) is 62.7 Å². The highest BCUT2D eigenvalue weighted by molar-refractivity contribution is 5.95. The highest BCUT2D eigenvalue weighted by atomic mass is 16.5. The van der Waals surface area contributed by atoms with Crippen LogP contribution in [0.1, 0.15) is 18.9 Å². The van der Waals surface area contributed by atoms with E-state index in [1.807, 2.05) is 12.1 Å². The molecule has 2 aromatic rings. The number of nitrogens with one attached hydrogen (secondary N) is 2. The Morgan fingerprint density at radius 1 is 1.24 bits per heavy atom. The van der Waals surface area contributed by atoms with Crippen molar-refractivity contribution in [2.75, 3.05) is 44.7 Å². The second-order valence-electron chi connectivity index (χ2n) is 9.64. The van der Waals surface area contributed by atoms with Gasteiger partial charge in [-0.05, 0) is 54.8 Å². The first kappa shape index (κ1) is 21.2. The molecule has 2 N–H and O–H groups in total. The fraction of sp³-hybridized carbons (Fsp3) is 0.407. The van der Waals surface area contributed by atoms with Gasteiger partial charge in [-0.3, -0.25) is 4.98 Å². The Morgan fingerprint density at radius 2 is 2.15 bits per heavy atom. The zero-order valence-electron chi connectivity index (χ0n) is 19.7. The van der Waals surface area contributed by atoms with Crippen LogP contribution in [0.4, 0.5) is 5.69 Å². The van der Waals surface area contributed by atoms with Gasteiger partial charge >= 0.3 is 0 Å². The molecule has 0 saturated carbocycles. The predicted octanol–water partition coefficient (Wildman–Crippen LogP) is 2.68. The van der Waals surface area contributed by atoms with Crippen molar-refractivity contribution in [1.29, 1.82) is 5.26 Å². The van der Waals surface area contributed by atoms with E-state index >= 15 is 0 Å². The number of allylic oxidation sites excluding steroid dienone is 2. The van der Waals surface area contributed by atoms with Crippen LogP contribution in [0.5, 0.6) is 0 Å². The molecule has 1 aromatic heterocycles. The van der Waals surface area contributed by atoms with Crippen molar-refractivity contribution in [2.24, 2.45) is 0 Å². The highest BCUT2D eigenvalue weighted by Crippen LogP contribution is 2.40. The molecule has 7 heteroatoms. The molecule has 0 unspecified atom stereocenters. The molecule has 2 saturated heterocycles. The Morgan fingerprint density at radius 3 is 3.00 bits per heavy atom. The summed E-state index contributed by atoms with van der Waals surface area (Å²) in [6, 6.07) is 11.0. The van der Waals surface area contributed by atoms with Crippen molar-refractivity contribution >= 4 is 16.6 Å². The van der Waals surface area contributed by atoms with E-state index in [-0.39, 0.29) is 6.10 Å². The quantitative estimate of drug-likeness (QED) is 0.736. The van der Waals surface area contributed by atoms with Crippen LogP contribution in [0, 0.1) is 11.3 Å². The van der Waals surface area contributed by atoms with Crippen LogP contribution >= 0.6 is 0 Å². The summed E-state index contributed by atoms with van der Waals surface area (Å²) in [5.74, 6) is 0. The minimum Gasteiger partial charge on any atom is -0.379 e. The van der Waals surface area contributed by atoms with Crippen molar-refractivity contribution in [3.8, 4) is 6.07 Å². The molecule has 1 aliphatic carbocycles. The van der Waals surface area contributed by atoms with Gasteiger partial charge in [-0.1, -0.05) is 6.08 Å². The highest BCUT2D eigenvalue weighted by Gasteiger charge is 2.37. The molecule has 1 aromatic carbocycles. The number of nitrogens with zero attached hydrogens (tertiary/aromatic N) is 4. The summed E-state index contributed by atoms with van der Waals surface area (Å²) in [7, 11) is 1.79. The molecule has 2 fully saturated rings. The van der Waals surface area contributed by atoms with Gasteiger partial charge in [0, 0.05) is 68.0 Å². The number of piperazine rings is 1. The summed E-state index contributed by atoms with van der Waals surface area (Å²) in [4.78, 5) is 9.55. The van der Waals surface area contributed by atoms with Crippen LogP contribution in [0.25, 0.3) is 10.9 Å². The molecule has 3 atom stereocenters. The lowest BCUT2D eigenvalue weighted by Crippen LogP contribution is -2.49. The van der Waals surface area contributed by atoms with Crippen molar-refractivity contribution in [2.45, 2.75) is 31.5 Å². The van der Waals surface area contributed by atoms with Gasteiger partial charge in [-0.25, -0.2) is 0 Å². The molecule has 0 amide bonds. The van der Waals surface area contributed by atoms with Crippen molar-refractivity contribution in [3.05, 3.63) is 70.7 Å². The number of nitriles is 1.